The average molecular weight is 360 g/mol. The molecule has 25 heavy (non-hydrogen) atoms. The predicted octanol–water partition coefficient (Wildman–Crippen LogP) is 3.72. The zero-order chi connectivity index (χ0) is 17.8. The summed E-state index contributed by atoms with van der Waals surface area (Å²) in [6.07, 6.45) is 3.04. The number of nitrogens with one attached hydrogen (secondary N) is 1. The van der Waals surface area contributed by atoms with E-state index in [1.54, 1.807) is 48.4 Å². The highest BCUT2D eigenvalue weighted by Gasteiger charge is 2.15. The third kappa shape index (κ3) is 3.86. The summed E-state index contributed by atoms with van der Waals surface area (Å²) < 4.78 is 7.55. The number of halogens is 1. The Bertz CT molecular complexity index is 899. The fourth-order valence-electron chi connectivity index (χ4n) is 2.33. The Hall–Kier alpha value is -3.13. The maximum atomic E-state index is 11.0. The van der Waals surface area contributed by atoms with Crippen LogP contribution in [0.25, 0.3) is 0 Å². The molecule has 8 nitrogen and oxygen atoms in total. The minimum absolute atomic E-state index is 0.0196. The summed E-state index contributed by atoms with van der Waals surface area (Å²) in [5.74, 6) is 1.05. The van der Waals surface area contributed by atoms with Gasteiger partial charge >= 0.3 is 0 Å². The topological polar surface area (TPSA) is 95.1 Å². The molecule has 0 radical (unpaired) electrons. The molecule has 0 saturated heterocycles. The van der Waals surface area contributed by atoms with Crippen LogP contribution >= 0.6 is 11.6 Å². The summed E-state index contributed by atoms with van der Waals surface area (Å²) in [5, 5.41) is 18.5. The Kier molecular flexibility index (Phi) is 4.80. The summed E-state index contributed by atoms with van der Waals surface area (Å²) >= 11 is 6.08. The molecule has 0 unspecified atom stereocenters. The lowest BCUT2D eigenvalue weighted by atomic mass is 10.2. The van der Waals surface area contributed by atoms with Crippen LogP contribution in [0.5, 0.6) is 11.5 Å². The molecular formula is C16H14ClN5O3. The second kappa shape index (κ2) is 7.18. The second-order valence-electron chi connectivity index (χ2n) is 5.13. The van der Waals surface area contributed by atoms with E-state index >= 15 is 0 Å². The van der Waals surface area contributed by atoms with Crippen LogP contribution in [0.15, 0.2) is 49.1 Å². The summed E-state index contributed by atoms with van der Waals surface area (Å²) in [7, 11) is 1.62. The van der Waals surface area contributed by atoms with E-state index in [9.17, 15) is 10.1 Å². The minimum Gasteiger partial charge on any atom is -0.457 e. The molecule has 0 atom stereocenters. The lowest BCUT2D eigenvalue weighted by Gasteiger charge is -2.13. The van der Waals surface area contributed by atoms with Gasteiger partial charge in [0.05, 0.1) is 11.5 Å². The maximum absolute atomic E-state index is 11.0. The Morgan fingerprint density at radius 3 is 2.84 bits per heavy atom. The maximum Gasteiger partial charge on any atom is 0.292 e. The molecule has 0 aliphatic carbocycles. The van der Waals surface area contributed by atoms with E-state index in [0.717, 1.165) is 5.56 Å². The van der Waals surface area contributed by atoms with E-state index in [0.29, 0.717) is 28.8 Å². The van der Waals surface area contributed by atoms with Gasteiger partial charge in [0.25, 0.3) is 5.69 Å². The lowest BCUT2D eigenvalue weighted by molar-refractivity contribution is -0.384. The number of ether oxygens (including phenoxy) is 1. The zero-order valence-corrected chi connectivity index (χ0v) is 14.0. The minimum atomic E-state index is -0.450. The third-order valence-electron chi connectivity index (χ3n) is 3.48. The molecular weight excluding hydrogens is 346 g/mol. The number of aromatic nitrogens is 3. The van der Waals surface area contributed by atoms with Crippen molar-refractivity contribution in [2.24, 2.45) is 0 Å². The molecule has 1 heterocycles. The van der Waals surface area contributed by atoms with Gasteiger partial charge < -0.3 is 10.1 Å². The molecule has 1 N–H and O–H groups in total. The van der Waals surface area contributed by atoms with E-state index in [4.69, 9.17) is 16.3 Å². The number of nitrogens with zero attached hydrogens (tertiary/aromatic N) is 4. The highest BCUT2D eigenvalue weighted by atomic mass is 35.5. The first-order chi connectivity index (χ1) is 12.1. The summed E-state index contributed by atoms with van der Waals surface area (Å²) in [4.78, 5) is 14.5. The normalized spacial score (nSPS) is 10.5. The van der Waals surface area contributed by atoms with Crippen molar-refractivity contribution in [3.8, 4) is 11.5 Å². The van der Waals surface area contributed by atoms with Gasteiger partial charge in [-0.2, -0.15) is 5.10 Å². The fraction of sp³-hybridized carbons (Fsp3) is 0.125. The highest BCUT2D eigenvalue weighted by Crippen LogP contribution is 2.33. The molecule has 0 fully saturated rings. The van der Waals surface area contributed by atoms with Crippen molar-refractivity contribution in [2.75, 3.05) is 12.4 Å². The van der Waals surface area contributed by atoms with Crippen LogP contribution in [0.3, 0.4) is 0 Å². The van der Waals surface area contributed by atoms with Gasteiger partial charge in [-0.3, -0.25) is 10.1 Å². The van der Waals surface area contributed by atoms with Gasteiger partial charge in [0, 0.05) is 29.8 Å². The molecule has 1 aromatic heterocycles. The van der Waals surface area contributed by atoms with E-state index < -0.39 is 4.92 Å². The molecule has 0 amide bonds. The van der Waals surface area contributed by atoms with Gasteiger partial charge in [0.15, 0.2) is 0 Å². The van der Waals surface area contributed by atoms with Crippen LogP contribution < -0.4 is 10.1 Å². The van der Waals surface area contributed by atoms with Gasteiger partial charge in [0.2, 0.25) is 0 Å². The van der Waals surface area contributed by atoms with Crippen molar-refractivity contribution in [2.45, 2.75) is 6.54 Å². The number of hydrogen-bond acceptors (Lipinski definition) is 6. The predicted molar refractivity (Wildman–Crippen MR) is 93.3 cm³/mol. The second-order valence-corrected chi connectivity index (χ2v) is 5.57. The first-order valence-corrected chi connectivity index (χ1v) is 7.69. The van der Waals surface area contributed by atoms with Gasteiger partial charge in [0.1, 0.15) is 29.8 Å². The average Bonchev–Trinajstić information content (AvgIpc) is 3.10. The Morgan fingerprint density at radius 1 is 1.32 bits per heavy atom. The number of nitro groups is 1. The molecule has 3 rings (SSSR count). The Labute approximate surface area is 148 Å². The SMILES string of the molecule is CNc1cc(Oc2ccc(Cl)cc2Cn2cncn2)ccc1[N+](=O)[O-]. The molecule has 0 aliphatic rings. The van der Waals surface area contributed by atoms with E-state index in [1.807, 2.05) is 0 Å². The van der Waals surface area contributed by atoms with Gasteiger partial charge in [-0.25, -0.2) is 9.67 Å². The molecule has 0 saturated carbocycles. The third-order valence-corrected chi connectivity index (χ3v) is 3.72. The van der Waals surface area contributed by atoms with E-state index in [-0.39, 0.29) is 5.69 Å². The van der Waals surface area contributed by atoms with Crippen molar-refractivity contribution >= 4 is 23.0 Å². The number of anilines is 1. The summed E-state index contributed by atoms with van der Waals surface area (Å²) in [6.45, 7) is 0.432. The van der Waals surface area contributed by atoms with E-state index in [2.05, 4.69) is 15.4 Å². The molecule has 0 bridgehead atoms. The van der Waals surface area contributed by atoms with Crippen molar-refractivity contribution < 1.29 is 9.66 Å². The lowest BCUT2D eigenvalue weighted by Crippen LogP contribution is -2.02. The first kappa shape index (κ1) is 16.7. The molecule has 128 valence electrons. The van der Waals surface area contributed by atoms with E-state index in [1.165, 1.54) is 12.4 Å². The van der Waals surface area contributed by atoms with Gasteiger partial charge in [-0.15, -0.1) is 0 Å². The van der Waals surface area contributed by atoms with Crippen LogP contribution in [-0.2, 0) is 6.54 Å². The van der Waals surface area contributed by atoms with Crippen LogP contribution in [0.4, 0.5) is 11.4 Å². The monoisotopic (exact) mass is 359 g/mol. The first-order valence-electron chi connectivity index (χ1n) is 7.31. The Morgan fingerprint density at radius 2 is 2.16 bits per heavy atom. The molecule has 0 spiro atoms. The highest BCUT2D eigenvalue weighted by molar-refractivity contribution is 6.30. The van der Waals surface area contributed by atoms with Crippen LogP contribution in [-0.4, -0.2) is 26.7 Å². The molecule has 3 aromatic rings. The summed E-state index contributed by atoms with van der Waals surface area (Å²) in [6, 6.07) is 9.76. The van der Waals surface area contributed by atoms with Crippen molar-refractivity contribution in [3.05, 3.63) is 69.8 Å². The quantitative estimate of drug-likeness (QED) is 0.532. The molecule has 2 aromatic carbocycles. The van der Waals surface area contributed by atoms with Gasteiger partial charge in [-0.05, 0) is 24.3 Å². The smallest absolute Gasteiger partial charge is 0.292 e. The zero-order valence-electron chi connectivity index (χ0n) is 13.2. The standard InChI is InChI=1S/C16H14ClN5O3/c1-18-14-7-13(3-4-15(14)22(23)24)25-16-5-2-12(17)6-11(16)8-21-10-19-9-20-21/h2-7,9-10,18H,8H2,1H3. The number of nitro benzene ring substituents is 1. The van der Waals surface area contributed by atoms with Crippen molar-refractivity contribution in [1.29, 1.82) is 0 Å². The number of hydrogen-bond donors (Lipinski definition) is 1. The van der Waals surface area contributed by atoms with Crippen molar-refractivity contribution in [3.63, 3.8) is 0 Å². The Balaban J connectivity index is 1.91. The summed E-state index contributed by atoms with van der Waals surface area (Å²) in [5.41, 5.74) is 1.16. The van der Waals surface area contributed by atoms with Crippen LogP contribution in [0, 0.1) is 10.1 Å². The van der Waals surface area contributed by atoms with Crippen molar-refractivity contribution in [1.82, 2.24) is 14.8 Å². The van der Waals surface area contributed by atoms with Gasteiger partial charge in [-0.1, -0.05) is 11.6 Å². The largest absolute Gasteiger partial charge is 0.457 e. The van der Waals surface area contributed by atoms with Crippen LogP contribution in [0.2, 0.25) is 5.02 Å². The number of rotatable bonds is 6. The van der Waals surface area contributed by atoms with Crippen LogP contribution in [0.1, 0.15) is 5.56 Å². The number of benzene rings is 2. The molecule has 9 heteroatoms. The fourth-order valence-corrected chi connectivity index (χ4v) is 2.52. The molecule has 0 aliphatic heterocycles.